The molecule has 0 unspecified atom stereocenters. The number of likely N-dealkylation sites (tertiary alicyclic amines) is 1. The van der Waals surface area contributed by atoms with Gasteiger partial charge in [-0.15, -0.1) is 11.7 Å². The van der Waals surface area contributed by atoms with Crippen molar-refractivity contribution in [1.82, 2.24) is 35.2 Å². The van der Waals surface area contributed by atoms with Crippen LogP contribution in [0.3, 0.4) is 0 Å². The Bertz CT molecular complexity index is 1820. The standard InChI is InChI=1S/C34H43Cl2N7O7S/c1-5-20-16-34(20,31(46)40-51(48,49)25-10-11-25)38-29(44)27-15-23(43-18-26(39-41-43)19-12-21(35)14-22(36)13-19)17-42(27)30(45)28(33(2,3)4)37-32(47)50-24-8-6-7-9-24/h5,12-14,18,20,23-25,27-28H,1,6-11,15-17H2,2-4H3,(H,37,47)(H,38,44)(H,40,46)/t20-,23-,27+,28-,34-/m1/s1. The lowest BCUT2D eigenvalue weighted by atomic mass is 9.85. The fourth-order valence-electron chi connectivity index (χ4n) is 6.93. The summed E-state index contributed by atoms with van der Waals surface area (Å²) >= 11 is 12.4. The average molecular weight is 765 g/mol. The first-order chi connectivity index (χ1) is 24.0. The zero-order valence-electron chi connectivity index (χ0n) is 28.7. The molecule has 3 aliphatic carbocycles. The van der Waals surface area contributed by atoms with Crippen molar-refractivity contribution < 1.29 is 32.3 Å². The molecule has 2 aromatic rings. The third-order valence-electron chi connectivity index (χ3n) is 10.1. The van der Waals surface area contributed by atoms with E-state index in [0.717, 1.165) is 25.7 Å². The Labute approximate surface area is 307 Å². The molecule has 4 fully saturated rings. The van der Waals surface area contributed by atoms with Crippen LogP contribution in [0.1, 0.15) is 78.2 Å². The summed E-state index contributed by atoms with van der Waals surface area (Å²) in [5.74, 6) is -2.54. The molecular formula is C34H43Cl2N7O7S. The third-order valence-corrected chi connectivity index (χ3v) is 12.4. The smallest absolute Gasteiger partial charge is 0.408 e. The highest BCUT2D eigenvalue weighted by Gasteiger charge is 2.62. The van der Waals surface area contributed by atoms with Gasteiger partial charge >= 0.3 is 6.09 Å². The number of ether oxygens (including phenoxy) is 1. The van der Waals surface area contributed by atoms with Crippen LogP contribution >= 0.6 is 23.2 Å². The van der Waals surface area contributed by atoms with E-state index in [-0.39, 0.29) is 25.5 Å². The topological polar surface area (TPSA) is 182 Å². The van der Waals surface area contributed by atoms with Gasteiger partial charge in [0.2, 0.25) is 21.8 Å². The van der Waals surface area contributed by atoms with Crippen molar-refractivity contribution in [2.75, 3.05) is 6.54 Å². The number of aromatic nitrogens is 3. The molecule has 14 nitrogen and oxygen atoms in total. The molecule has 1 aromatic heterocycles. The molecule has 51 heavy (non-hydrogen) atoms. The van der Waals surface area contributed by atoms with Crippen molar-refractivity contribution in [3.63, 3.8) is 0 Å². The zero-order chi connectivity index (χ0) is 36.9. The Morgan fingerprint density at radius 3 is 2.33 bits per heavy atom. The lowest BCUT2D eigenvalue weighted by Gasteiger charge is -2.35. The normalized spacial score (nSPS) is 25.6. The van der Waals surface area contributed by atoms with Crippen LogP contribution in [0, 0.1) is 11.3 Å². The number of nitrogens with one attached hydrogen (secondary N) is 3. The van der Waals surface area contributed by atoms with Crippen LogP contribution in [0.4, 0.5) is 4.79 Å². The number of carbonyl (C=O) groups is 4. The van der Waals surface area contributed by atoms with E-state index in [9.17, 15) is 27.6 Å². The molecule has 3 N–H and O–H groups in total. The van der Waals surface area contributed by atoms with Gasteiger partial charge in [0.25, 0.3) is 5.91 Å². The van der Waals surface area contributed by atoms with Gasteiger partial charge in [-0.25, -0.2) is 17.9 Å². The summed E-state index contributed by atoms with van der Waals surface area (Å²) in [6, 6.07) is 2.22. The Morgan fingerprint density at radius 2 is 1.75 bits per heavy atom. The molecule has 2 heterocycles. The van der Waals surface area contributed by atoms with Crippen molar-refractivity contribution in [2.45, 2.75) is 107 Å². The highest BCUT2D eigenvalue weighted by atomic mass is 35.5. The number of amides is 4. The molecule has 1 saturated heterocycles. The summed E-state index contributed by atoms with van der Waals surface area (Å²) in [4.78, 5) is 56.6. The predicted molar refractivity (Wildman–Crippen MR) is 189 cm³/mol. The van der Waals surface area contributed by atoms with Gasteiger partial charge in [0, 0.05) is 34.5 Å². The van der Waals surface area contributed by atoms with Gasteiger partial charge in [0.1, 0.15) is 29.4 Å². The molecular weight excluding hydrogens is 721 g/mol. The summed E-state index contributed by atoms with van der Waals surface area (Å²) in [7, 11) is -3.90. The molecule has 6 rings (SSSR count). The number of hydrogen-bond donors (Lipinski definition) is 3. The molecule has 17 heteroatoms. The van der Waals surface area contributed by atoms with E-state index in [4.69, 9.17) is 27.9 Å². The first kappa shape index (κ1) is 37.1. The Kier molecular flexibility index (Phi) is 10.2. The molecule has 5 atom stereocenters. The van der Waals surface area contributed by atoms with E-state index in [1.54, 1.807) is 49.8 Å². The highest BCUT2D eigenvalue weighted by molar-refractivity contribution is 7.91. The summed E-state index contributed by atoms with van der Waals surface area (Å²) in [6.45, 7) is 9.17. The summed E-state index contributed by atoms with van der Waals surface area (Å²) in [5.41, 5.74) is -1.25. The monoisotopic (exact) mass is 763 g/mol. The summed E-state index contributed by atoms with van der Waals surface area (Å²) < 4.78 is 34.7. The van der Waals surface area contributed by atoms with Crippen LogP contribution < -0.4 is 15.4 Å². The van der Waals surface area contributed by atoms with E-state index in [2.05, 4.69) is 32.2 Å². The van der Waals surface area contributed by atoms with Crippen molar-refractivity contribution in [1.29, 1.82) is 0 Å². The fourth-order valence-corrected chi connectivity index (χ4v) is 8.82. The van der Waals surface area contributed by atoms with Gasteiger partial charge in [-0.1, -0.05) is 55.3 Å². The van der Waals surface area contributed by atoms with E-state index in [0.29, 0.717) is 34.1 Å². The van der Waals surface area contributed by atoms with E-state index >= 15 is 0 Å². The van der Waals surface area contributed by atoms with Crippen molar-refractivity contribution in [2.24, 2.45) is 11.3 Å². The number of hydrogen-bond acceptors (Lipinski definition) is 9. The highest BCUT2D eigenvalue weighted by Crippen LogP contribution is 2.46. The molecule has 1 aromatic carbocycles. The minimum atomic E-state index is -3.90. The van der Waals surface area contributed by atoms with Gasteiger partial charge in [-0.05, 0) is 68.6 Å². The Balaban J connectivity index is 1.28. The van der Waals surface area contributed by atoms with Gasteiger partial charge in [-0.2, -0.15) is 0 Å². The molecule has 1 aliphatic heterocycles. The maximum absolute atomic E-state index is 14.5. The minimum absolute atomic E-state index is 0.0160. The van der Waals surface area contributed by atoms with E-state index in [1.807, 2.05) is 0 Å². The molecule has 276 valence electrons. The maximum Gasteiger partial charge on any atom is 0.408 e. The number of carbonyl (C=O) groups excluding carboxylic acids is 4. The van der Waals surface area contributed by atoms with Crippen LogP contribution in [0.5, 0.6) is 0 Å². The number of benzene rings is 1. The largest absolute Gasteiger partial charge is 0.446 e. The quantitative estimate of drug-likeness (QED) is 0.283. The Morgan fingerprint density at radius 1 is 1.08 bits per heavy atom. The first-order valence-corrected chi connectivity index (χ1v) is 19.5. The molecule has 4 aliphatic rings. The van der Waals surface area contributed by atoms with Crippen LogP contribution in [0.15, 0.2) is 37.1 Å². The molecule has 4 amide bonds. The van der Waals surface area contributed by atoms with Crippen molar-refractivity contribution in [3.8, 4) is 11.3 Å². The number of halogens is 2. The van der Waals surface area contributed by atoms with Gasteiger partial charge in [0.15, 0.2) is 0 Å². The van der Waals surface area contributed by atoms with E-state index < -0.39 is 74.1 Å². The summed E-state index contributed by atoms with van der Waals surface area (Å²) in [6.07, 6.45) is 6.78. The number of rotatable bonds is 11. The van der Waals surface area contributed by atoms with E-state index in [1.165, 1.54) is 11.0 Å². The van der Waals surface area contributed by atoms with Crippen LogP contribution in [0.25, 0.3) is 11.3 Å². The lowest BCUT2D eigenvalue weighted by molar-refractivity contribution is -0.142. The van der Waals surface area contributed by atoms with Crippen LogP contribution in [-0.2, 0) is 29.1 Å². The predicted octanol–water partition coefficient (Wildman–Crippen LogP) is 4.15. The number of nitrogens with zero attached hydrogens (tertiary/aromatic N) is 4. The SMILES string of the molecule is C=C[C@@H]1C[C@]1(NC(=O)[C@@H]1C[C@@H](n2cc(-c3cc(Cl)cc(Cl)c3)nn2)CN1C(=O)[C@@H](NC(=O)OC1CCCC1)C(C)(C)C)C(=O)NS(=O)(=O)C1CC1. The van der Waals surface area contributed by atoms with Gasteiger partial charge in [0.05, 0.1) is 17.5 Å². The van der Waals surface area contributed by atoms with Crippen LogP contribution in [-0.4, -0.2) is 87.6 Å². The molecule has 0 radical (unpaired) electrons. The number of sulfonamides is 1. The molecule has 0 spiro atoms. The van der Waals surface area contributed by atoms with Crippen LogP contribution in [0.2, 0.25) is 10.0 Å². The first-order valence-electron chi connectivity index (χ1n) is 17.2. The Hall–Kier alpha value is -3.69. The maximum atomic E-state index is 14.5. The lowest BCUT2D eigenvalue weighted by Crippen LogP contribution is -2.60. The minimum Gasteiger partial charge on any atom is -0.446 e. The zero-order valence-corrected chi connectivity index (χ0v) is 31.1. The fraction of sp³-hybridized carbons (Fsp3) is 0.588. The summed E-state index contributed by atoms with van der Waals surface area (Å²) in [5, 5.41) is 14.3. The second kappa shape index (κ2) is 14.0. The molecule has 3 saturated carbocycles. The third kappa shape index (κ3) is 8.05. The van der Waals surface area contributed by atoms with Crippen molar-refractivity contribution in [3.05, 3.63) is 47.1 Å². The molecule has 0 bridgehead atoms. The number of alkyl carbamates (subject to hydrolysis) is 1. The second-order valence-corrected chi connectivity index (χ2v) is 17.9. The average Bonchev–Trinajstić information content (AvgIpc) is 3.81. The second-order valence-electron chi connectivity index (χ2n) is 15.1. The van der Waals surface area contributed by atoms with Gasteiger partial charge in [-0.3, -0.25) is 19.1 Å². The van der Waals surface area contributed by atoms with Crippen molar-refractivity contribution >= 4 is 57.0 Å². The van der Waals surface area contributed by atoms with Gasteiger partial charge < -0.3 is 20.3 Å².